The first kappa shape index (κ1) is 87.9. The van der Waals surface area contributed by atoms with Crippen molar-refractivity contribution in [2.75, 3.05) is 26.4 Å². The van der Waals surface area contributed by atoms with E-state index < -0.39 is 26.5 Å². The number of rotatable bonds is 73. The normalized spacial score (nSPS) is 13.4. The summed E-state index contributed by atoms with van der Waals surface area (Å²) in [6.45, 7) is 3.67. The molecule has 0 bridgehead atoms. The average Bonchev–Trinajstić information content (AvgIpc) is 3.74. The van der Waals surface area contributed by atoms with Crippen molar-refractivity contribution in [3.63, 3.8) is 0 Å². The number of allylic oxidation sites excluding steroid dienone is 16. The molecular formula is C81H146NO8P. The van der Waals surface area contributed by atoms with Crippen LogP contribution in [0.2, 0.25) is 0 Å². The van der Waals surface area contributed by atoms with Gasteiger partial charge in [0.1, 0.15) is 6.61 Å². The van der Waals surface area contributed by atoms with E-state index >= 15 is 0 Å². The predicted molar refractivity (Wildman–Crippen MR) is 395 cm³/mol. The highest BCUT2D eigenvalue weighted by atomic mass is 31.2. The summed E-state index contributed by atoms with van der Waals surface area (Å²) in [5, 5.41) is 0. The van der Waals surface area contributed by atoms with Gasteiger partial charge in [-0.1, -0.05) is 361 Å². The van der Waals surface area contributed by atoms with Crippen LogP contribution in [0.3, 0.4) is 0 Å². The molecule has 0 saturated carbocycles. The molecule has 0 fully saturated rings. The second-order valence-electron chi connectivity index (χ2n) is 25.8. The molecule has 2 atom stereocenters. The fourth-order valence-electron chi connectivity index (χ4n) is 11.3. The molecule has 3 N–H and O–H groups in total. The van der Waals surface area contributed by atoms with Gasteiger partial charge in [-0.05, 0) is 96.3 Å². The van der Waals surface area contributed by atoms with Crippen LogP contribution in [0.25, 0.3) is 0 Å². The molecular weight excluding hydrogens is 1150 g/mol. The van der Waals surface area contributed by atoms with E-state index in [0.717, 1.165) is 77.0 Å². The zero-order chi connectivity index (χ0) is 65.8. The van der Waals surface area contributed by atoms with Gasteiger partial charge in [0, 0.05) is 19.4 Å². The van der Waals surface area contributed by atoms with Gasteiger partial charge < -0.3 is 20.1 Å². The highest BCUT2D eigenvalue weighted by molar-refractivity contribution is 7.47. The van der Waals surface area contributed by atoms with Gasteiger partial charge in [0.25, 0.3) is 0 Å². The summed E-state index contributed by atoms with van der Waals surface area (Å²) in [4.78, 5) is 35.4. The molecule has 0 aliphatic rings. The van der Waals surface area contributed by atoms with Crippen LogP contribution in [0.1, 0.15) is 373 Å². The van der Waals surface area contributed by atoms with Crippen molar-refractivity contribution >= 4 is 19.8 Å². The van der Waals surface area contributed by atoms with Gasteiger partial charge in [0.15, 0.2) is 6.10 Å². The Bertz CT molecular complexity index is 1820. The van der Waals surface area contributed by atoms with Gasteiger partial charge in [-0.2, -0.15) is 0 Å². The maximum Gasteiger partial charge on any atom is 0.472 e. The lowest BCUT2D eigenvalue weighted by atomic mass is 10.0. The third kappa shape index (κ3) is 75.8. The zero-order valence-corrected chi connectivity index (χ0v) is 60.5. The second kappa shape index (κ2) is 76.0. The number of unbranched alkanes of at least 4 members (excludes halogenated alkanes) is 44. The smallest absolute Gasteiger partial charge is 0.462 e. The topological polar surface area (TPSA) is 134 Å². The minimum atomic E-state index is -4.40. The summed E-state index contributed by atoms with van der Waals surface area (Å²) >= 11 is 0. The van der Waals surface area contributed by atoms with E-state index in [1.807, 2.05) is 0 Å². The van der Waals surface area contributed by atoms with Crippen LogP contribution >= 0.6 is 7.82 Å². The maximum atomic E-state index is 12.8. The molecule has 91 heavy (non-hydrogen) atoms. The third-order valence-corrected chi connectivity index (χ3v) is 17.9. The Morgan fingerprint density at radius 2 is 0.604 bits per heavy atom. The zero-order valence-electron chi connectivity index (χ0n) is 59.6. The third-order valence-electron chi connectivity index (χ3n) is 17.0. The van der Waals surface area contributed by atoms with E-state index in [1.54, 1.807) is 0 Å². The summed E-state index contributed by atoms with van der Waals surface area (Å²) < 4.78 is 33.3. The van der Waals surface area contributed by atoms with Crippen molar-refractivity contribution in [3.8, 4) is 0 Å². The number of esters is 2. The lowest BCUT2D eigenvalue weighted by molar-refractivity contribution is -0.161. The van der Waals surface area contributed by atoms with Crippen LogP contribution in [-0.2, 0) is 32.7 Å². The lowest BCUT2D eigenvalue weighted by Crippen LogP contribution is -2.29. The molecule has 0 radical (unpaired) electrons. The Labute approximate surface area is 563 Å². The van der Waals surface area contributed by atoms with E-state index in [-0.39, 0.29) is 38.6 Å². The van der Waals surface area contributed by atoms with Crippen molar-refractivity contribution in [1.82, 2.24) is 0 Å². The lowest BCUT2D eigenvalue weighted by Gasteiger charge is -2.19. The molecule has 2 unspecified atom stereocenters. The van der Waals surface area contributed by atoms with Crippen molar-refractivity contribution in [3.05, 3.63) is 97.2 Å². The Kier molecular flexibility index (Phi) is 73.4. The first-order valence-corrected chi connectivity index (χ1v) is 40.2. The molecule has 0 heterocycles. The predicted octanol–water partition coefficient (Wildman–Crippen LogP) is 25.9. The Hall–Kier alpha value is -3.07. The number of phosphoric acid groups is 1. The number of phosphoric ester groups is 1. The van der Waals surface area contributed by atoms with Gasteiger partial charge in [-0.25, -0.2) is 4.57 Å². The molecule has 0 saturated heterocycles. The minimum Gasteiger partial charge on any atom is -0.462 e. The van der Waals surface area contributed by atoms with Gasteiger partial charge in [-0.3, -0.25) is 18.6 Å². The summed E-state index contributed by atoms with van der Waals surface area (Å²) in [5.41, 5.74) is 5.41. The van der Waals surface area contributed by atoms with Gasteiger partial charge >= 0.3 is 19.8 Å². The molecule has 528 valence electrons. The largest absolute Gasteiger partial charge is 0.472 e. The number of hydrogen-bond acceptors (Lipinski definition) is 8. The van der Waals surface area contributed by atoms with E-state index in [4.69, 9.17) is 24.3 Å². The molecule has 0 aromatic carbocycles. The van der Waals surface area contributed by atoms with Crippen LogP contribution in [0.5, 0.6) is 0 Å². The molecule has 0 spiro atoms. The highest BCUT2D eigenvalue weighted by Crippen LogP contribution is 2.43. The summed E-state index contributed by atoms with van der Waals surface area (Å²) in [6.07, 6.45) is 104. The number of hydrogen-bond donors (Lipinski definition) is 2. The Morgan fingerprint density at radius 3 is 0.901 bits per heavy atom. The molecule has 0 aromatic heterocycles. The fraction of sp³-hybridized carbons (Fsp3) is 0.778. The van der Waals surface area contributed by atoms with Gasteiger partial charge in [0.2, 0.25) is 0 Å². The quantitative estimate of drug-likeness (QED) is 0.0264. The van der Waals surface area contributed by atoms with E-state index in [2.05, 4.69) is 111 Å². The number of nitrogens with two attached hydrogens (primary N) is 1. The molecule has 0 amide bonds. The van der Waals surface area contributed by atoms with E-state index in [9.17, 15) is 19.0 Å². The van der Waals surface area contributed by atoms with Crippen LogP contribution in [0, 0.1) is 0 Å². The number of ether oxygens (including phenoxy) is 2. The second-order valence-corrected chi connectivity index (χ2v) is 27.3. The molecule has 0 rings (SSSR count). The van der Waals surface area contributed by atoms with Crippen LogP contribution in [-0.4, -0.2) is 49.3 Å². The monoisotopic (exact) mass is 1290 g/mol. The minimum absolute atomic E-state index is 0.0535. The molecule has 10 heteroatoms. The maximum absolute atomic E-state index is 12.8. The number of carbonyl (C=O) groups excluding carboxylic acids is 2. The van der Waals surface area contributed by atoms with Crippen molar-refractivity contribution in [2.24, 2.45) is 5.73 Å². The van der Waals surface area contributed by atoms with Crippen molar-refractivity contribution in [2.45, 2.75) is 380 Å². The van der Waals surface area contributed by atoms with Gasteiger partial charge in [-0.15, -0.1) is 0 Å². The summed E-state index contributed by atoms with van der Waals surface area (Å²) in [7, 11) is -4.40. The fourth-order valence-corrected chi connectivity index (χ4v) is 12.0. The Balaban J connectivity index is 3.79. The standard InChI is InChI=1S/C81H146NO8P/c1-3-5-7-9-11-13-15-17-19-21-23-25-27-29-31-33-34-35-36-37-38-39-40-41-42-43-44-46-48-50-52-54-56-58-60-62-64-66-68-70-72-74-81(84)90-79(78-89-91(85,86)88-76-75-82)77-87-80(83)73-71-69-67-65-63-61-59-57-55-53-51-49-47-45-32-30-28-26-24-22-20-18-16-14-12-10-8-6-4-2/h5,7,11,13,16-19,22-25,29,31,34-35,79H,3-4,6,8-10,12,14-15,20-21,26-28,30,32-33,36-78,82H2,1-2H3,(H,85,86)/b7-5-,13-11-,18-16-,19-17-,24-22-,25-23-,31-29-,35-34-. The highest BCUT2D eigenvalue weighted by Gasteiger charge is 2.26. The average molecular weight is 1290 g/mol. The Morgan fingerprint density at radius 1 is 0.341 bits per heavy atom. The molecule has 0 aromatic rings. The summed E-state index contributed by atoms with van der Waals surface area (Å²) in [6, 6.07) is 0. The van der Waals surface area contributed by atoms with Crippen LogP contribution < -0.4 is 5.73 Å². The van der Waals surface area contributed by atoms with Crippen molar-refractivity contribution < 1.29 is 37.6 Å². The molecule has 0 aliphatic carbocycles. The van der Waals surface area contributed by atoms with Crippen molar-refractivity contribution in [1.29, 1.82) is 0 Å². The molecule has 0 aliphatic heterocycles. The first-order valence-electron chi connectivity index (χ1n) is 38.7. The SMILES string of the molecule is CC/C=C\C/C=C\C/C=C\C/C=C\C/C=C\C/C=C\CCCCCCCCCCCCCCCCCCCCCCCCC(=O)OC(COC(=O)CCCCCCCCCCCCCCCCCCC/C=C\C/C=C\CCCCCCC)COP(=O)(O)OCCN. The van der Waals surface area contributed by atoms with Gasteiger partial charge in [0.05, 0.1) is 13.2 Å². The number of carbonyl (C=O) groups is 2. The van der Waals surface area contributed by atoms with Crippen LogP contribution in [0.4, 0.5) is 0 Å². The van der Waals surface area contributed by atoms with E-state index in [1.165, 1.54) is 263 Å². The first-order chi connectivity index (χ1) is 44.8. The summed E-state index contributed by atoms with van der Waals surface area (Å²) in [5.74, 6) is -0.810. The van der Waals surface area contributed by atoms with E-state index in [0.29, 0.717) is 6.42 Å². The van der Waals surface area contributed by atoms with Crippen LogP contribution in [0.15, 0.2) is 97.2 Å². The molecule has 9 nitrogen and oxygen atoms in total.